The second kappa shape index (κ2) is 10.5. The Labute approximate surface area is 231 Å². The fourth-order valence-corrected chi connectivity index (χ4v) is 8.31. The molecule has 0 aliphatic heterocycles. The number of nitrogens with zero attached hydrogens (tertiary/aromatic N) is 1. The molecule has 3 fully saturated rings. The van der Waals surface area contributed by atoms with Gasteiger partial charge in [0.25, 0.3) is 5.91 Å². The van der Waals surface area contributed by atoms with Gasteiger partial charge in [0.05, 0.1) is 12.8 Å². The number of ether oxygens (including phenoxy) is 1. The number of hydrogen-bond acceptors (Lipinski definition) is 6. The Hall–Kier alpha value is -3.11. The van der Waals surface area contributed by atoms with Gasteiger partial charge in [-0.1, -0.05) is 60.8 Å². The summed E-state index contributed by atoms with van der Waals surface area (Å²) in [6, 6.07) is 8.06. The third kappa shape index (κ3) is 4.67. The molecular formula is C32H40N2O5. The number of amides is 1. The van der Waals surface area contributed by atoms with E-state index in [1.165, 1.54) is 12.7 Å². The number of aliphatic hydroxyl groups is 1. The standard InChI is InChI=1S/C32H40N2O5/c1-5-32(37)18-15-26-24-12-11-22-19-23(13-16-30(22,2)25(24)14-17-31(26,32)3)34-39-20-27(35)33-28(29(36)38-4)21-9-7-6-8-10-21/h1,6-10,19,24-26,28,37H,11-18,20H2,2-4H3,(H,33,35)/b34-23-/t24-,25+,26+,28?,30+,31+,32-/m1/s1. The smallest absolute Gasteiger partial charge is 0.333 e. The van der Waals surface area contributed by atoms with Crippen molar-refractivity contribution in [1.29, 1.82) is 0 Å². The van der Waals surface area contributed by atoms with Gasteiger partial charge in [-0.2, -0.15) is 0 Å². The number of carbonyl (C=O) groups is 2. The highest BCUT2D eigenvalue weighted by Gasteiger charge is 2.63. The van der Waals surface area contributed by atoms with Crippen LogP contribution in [0.4, 0.5) is 0 Å². The number of esters is 1. The topological polar surface area (TPSA) is 97.2 Å². The zero-order valence-corrected chi connectivity index (χ0v) is 23.2. The molecule has 0 bridgehead atoms. The molecule has 0 saturated heterocycles. The lowest BCUT2D eigenvalue weighted by Crippen LogP contribution is -2.54. The minimum atomic E-state index is -0.979. The van der Waals surface area contributed by atoms with Crippen molar-refractivity contribution in [1.82, 2.24) is 5.32 Å². The molecule has 1 aromatic carbocycles. The Morgan fingerprint density at radius 3 is 2.59 bits per heavy atom. The van der Waals surface area contributed by atoms with E-state index in [1.54, 1.807) is 24.3 Å². The number of allylic oxidation sites excluding steroid dienone is 2. The Morgan fingerprint density at radius 1 is 1.13 bits per heavy atom. The fraction of sp³-hybridized carbons (Fsp3) is 0.594. The molecule has 7 heteroatoms. The molecule has 1 unspecified atom stereocenters. The molecule has 1 amide bonds. The third-order valence-electron chi connectivity index (χ3n) is 10.6. The lowest BCUT2D eigenvalue weighted by molar-refractivity contribution is -0.145. The van der Waals surface area contributed by atoms with Crippen LogP contribution in [0.1, 0.15) is 76.8 Å². The van der Waals surface area contributed by atoms with Gasteiger partial charge in [0, 0.05) is 5.41 Å². The number of benzene rings is 1. The van der Waals surface area contributed by atoms with Crippen molar-refractivity contribution in [2.45, 2.75) is 76.9 Å². The number of fused-ring (bicyclic) bond motifs is 5. The number of hydrogen-bond donors (Lipinski definition) is 2. The zero-order valence-electron chi connectivity index (χ0n) is 23.2. The molecule has 3 saturated carbocycles. The molecule has 5 rings (SSSR count). The molecule has 4 aliphatic carbocycles. The lowest BCUT2D eigenvalue weighted by Gasteiger charge is -2.58. The Morgan fingerprint density at radius 2 is 1.87 bits per heavy atom. The van der Waals surface area contributed by atoms with Crippen LogP contribution >= 0.6 is 0 Å². The van der Waals surface area contributed by atoms with Crippen molar-refractivity contribution in [3.05, 3.63) is 47.5 Å². The van der Waals surface area contributed by atoms with Gasteiger partial charge in [-0.25, -0.2) is 4.79 Å². The first-order chi connectivity index (χ1) is 18.6. The van der Waals surface area contributed by atoms with Crippen molar-refractivity contribution >= 4 is 17.6 Å². The normalized spacial score (nSPS) is 36.8. The highest BCUT2D eigenvalue weighted by Crippen LogP contribution is 2.67. The summed E-state index contributed by atoms with van der Waals surface area (Å²) >= 11 is 0. The quantitative estimate of drug-likeness (QED) is 0.314. The summed E-state index contributed by atoms with van der Waals surface area (Å²) in [7, 11) is 1.29. The molecular weight excluding hydrogens is 492 g/mol. The average molecular weight is 533 g/mol. The van der Waals surface area contributed by atoms with Gasteiger partial charge in [-0.05, 0) is 86.2 Å². The molecule has 4 aliphatic rings. The number of methoxy groups -OCH3 is 1. The number of carbonyl (C=O) groups excluding carboxylic acids is 2. The minimum Gasteiger partial charge on any atom is -0.467 e. The van der Waals surface area contributed by atoms with Gasteiger partial charge < -0.3 is 20.0 Å². The summed E-state index contributed by atoms with van der Waals surface area (Å²) in [5.41, 5.74) is 1.86. The molecule has 2 N–H and O–H groups in total. The maximum Gasteiger partial charge on any atom is 0.333 e. The molecule has 0 radical (unpaired) electrons. The summed E-state index contributed by atoms with van der Waals surface area (Å²) in [4.78, 5) is 30.2. The van der Waals surface area contributed by atoms with E-state index >= 15 is 0 Å². The molecule has 0 spiro atoms. The van der Waals surface area contributed by atoms with Gasteiger partial charge in [0.15, 0.2) is 12.6 Å². The summed E-state index contributed by atoms with van der Waals surface area (Å²) in [5, 5.41) is 18.2. The first kappa shape index (κ1) is 27.5. The van der Waals surface area contributed by atoms with Crippen LogP contribution in [0, 0.1) is 40.9 Å². The zero-order chi connectivity index (χ0) is 27.8. The SMILES string of the molecule is C#C[C@@]1(O)CC[C@H]2[C@@H]3CCC4=C/C(=N\OCC(=O)NC(C(=O)OC)c5ccccc5)CC[C@]4(C)[C@H]3CC[C@@]21C. The van der Waals surface area contributed by atoms with Crippen molar-refractivity contribution in [2.75, 3.05) is 13.7 Å². The van der Waals surface area contributed by atoms with Crippen LogP contribution in [-0.4, -0.2) is 42.0 Å². The fourth-order valence-electron chi connectivity index (χ4n) is 8.31. The van der Waals surface area contributed by atoms with E-state index in [0.717, 1.165) is 50.7 Å². The number of rotatable bonds is 6. The van der Waals surface area contributed by atoms with Crippen LogP contribution in [-0.2, 0) is 19.2 Å². The molecule has 1 aromatic rings. The summed E-state index contributed by atoms with van der Waals surface area (Å²) in [6.07, 6.45) is 15.7. The second-order valence-electron chi connectivity index (χ2n) is 12.3. The van der Waals surface area contributed by atoms with Crippen molar-refractivity contribution in [3.63, 3.8) is 0 Å². The van der Waals surface area contributed by atoms with Gasteiger partial charge in [0.2, 0.25) is 0 Å². The Kier molecular flexibility index (Phi) is 7.37. The molecule has 208 valence electrons. The first-order valence-corrected chi connectivity index (χ1v) is 14.2. The van der Waals surface area contributed by atoms with E-state index in [-0.39, 0.29) is 17.4 Å². The average Bonchev–Trinajstić information content (AvgIpc) is 3.22. The molecule has 7 nitrogen and oxygen atoms in total. The van der Waals surface area contributed by atoms with Gasteiger partial charge in [-0.15, -0.1) is 6.42 Å². The molecule has 39 heavy (non-hydrogen) atoms. The predicted octanol–water partition coefficient (Wildman–Crippen LogP) is 4.72. The highest BCUT2D eigenvalue weighted by molar-refractivity contribution is 5.96. The molecule has 0 heterocycles. The lowest BCUT2D eigenvalue weighted by atomic mass is 9.46. The third-order valence-corrected chi connectivity index (χ3v) is 10.6. The van der Waals surface area contributed by atoms with Crippen LogP contribution in [0.2, 0.25) is 0 Å². The highest BCUT2D eigenvalue weighted by atomic mass is 16.6. The molecule has 0 aromatic heterocycles. The summed E-state index contributed by atoms with van der Waals surface area (Å²) in [6.45, 7) is 4.34. The van der Waals surface area contributed by atoms with Gasteiger partial charge >= 0.3 is 5.97 Å². The van der Waals surface area contributed by atoms with Crippen molar-refractivity contribution in [3.8, 4) is 12.3 Å². The van der Waals surface area contributed by atoms with Crippen LogP contribution in [0.15, 0.2) is 47.1 Å². The van der Waals surface area contributed by atoms with Crippen LogP contribution in [0.3, 0.4) is 0 Å². The maximum absolute atomic E-state index is 12.6. The molecule has 7 atom stereocenters. The maximum atomic E-state index is 12.6. The van der Waals surface area contributed by atoms with Crippen LogP contribution < -0.4 is 5.32 Å². The van der Waals surface area contributed by atoms with Crippen LogP contribution in [0.25, 0.3) is 0 Å². The van der Waals surface area contributed by atoms with E-state index in [4.69, 9.17) is 16.0 Å². The number of nitrogens with one attached hydrogen (secondary N) is 1. The van der Waals surface area contributed by atoms with Crippen molar-refractivity contribution in [2.24, 2.45) is 33.7 Å². The first-order valence-electron chi connectivity index (χ1n) is 14.2. The van der Waals surface area contributed by atoms with E-state index in [2.05, 4.69) is 36.3 Å². The van der Waals surface area contributed by atoms with Gasteiger partial charge in [0.1, 0.15) is 5.60 Å². The summed E-state index contributed by atoms with van der Waals surface area (Å²) in [5.74, 6) is 3.41. The largest absolute Gasteiger partial charge is 0.467 e. The van der Waals surface area contributed by atoms with Gasteiger partial charge in [-0.3, -0.25) is 4.79 Å². The summed E-state index contributed by atoms with van der Waals surface area (Å²) < 4.78 is 4.86. The monoisotopic (exact) mass is 532 g/mol. The van der Waals surface area contributed by atoms with E-state index in [9.17, 15) is 14.7 Å². The predicted molar refractivity (Wildman–Crippen MR) is 148 cm³/mol. The van der Waals surface area contributed by atoms with Crippen LogP contribution in [0.5, 0.6) is 0 Å². The van der Waals surface area contributed by atoms with Crippen molar-refractivity contribution < 1.29 is 24.3 Å². The van der Waals surface area contributed by atoms with E-state index in [1.807, 2.05) is 6.07 Å². The van der Waals surface area contributed by atoms with E-state index < -0.39 is 23.5 Å². The van der Waals surface area contributed by atoms with E-state index in [0.29, 0.717) is 29.7 Å². The Bertz CT molecular complexity index is 1220. The minimum absolute atomic E-state index is 0.112. The Balaban J connectivity index is 1.22. The number of terminal acetylenes is 1. The number of oxime groups is 1. The second-order valence-corrected chi connectivity index (χ2v) is 12.3.